The minimum atomic E-state index is -0.869. The van der Waals surface area contributed by atoms with Gasteiger partial charge in [0.05, 0.1) is 6.54 Å². The number of amides is 1. The average Bonchev–Trinajstić information content (AvgIpc) is 2.89. The fraction of sp³-hybridized carbons (Fsp3) is 0.467. The highest BCUT2D eigenvalue weighted by molar-refractivity contribution is 5.80. The van der Waals surface area contributed by atoms with Gasteiger partial charge in [-0.05, 0) is 43.5 Å². The first-order valence-corrected chi connectivity index (χ1v) is 7.04. The Morgan fingerprint density at radius 1 is 1.33 bits per heavy atom. The highest BCUT2D eigenvalue weighted by Crippen LogP contribution is 2.16. The molecule has 1 saturated heterocycles. The number of carboxylic acids is 1. The van der Waals surface area contributed by atoms with Crippen LogP contribution in [0.25, 0.3) is 0 Å². The lowest BCUT2D eigenvalue weighted by Crippen LogP contribution is -2.43. The summed E-state index contributed by atoms with van der Waals surface area (Å²) in [5.74, 6) is -1.33. The molecule has 1 heterocycles. The molecule has 1 aromatic carbocycles. The number of nitrogens with one attached hydrogen (secondary N) is 1. The van der Waals surface area contributed by atoms with Gasteiger partial charge in [-0.25, -0.2) is 4.39 Å². The summed E-state index contributed by atoms with van der Waals surface area (Å²) in [6, 6.07) is 5.59. The molecule has 114 valence electrons. The molecule has 1 amide bonds. The maximum absolute atomic E-state index is 12.7. The summed E-state index contributed by atoms with van der Waals surface area (Å²) in [5.41, 5.74) is 0.946. The molecule has 1 aliphatic rings. The molecular formula is C15H19FN2O3. The van der Waals surface area contributed by atoms with Crippen molar-refractivity contribution in [2.24, 2.45) is 0 Å². The van der Waals surface area contributed by atoms with Crippen molar-refractivity contribution in [1.82, 2.24) is 10.2 Å². The zero-order valence-corrected chi connectivity index (χ0v) is 11.7. The van der Waals surface area contributed by atoms with E-state index in [-0.39, 0.29) is 18.3 Å². The molecule has 1 fully saturated rings. The highest BCUT2D eigenvalue weighted by atomic mass is 19.1. The topological polar surface area (TPSA) is 69.6 Å². The number of rotatable bonds is 6. The predicted octanol–water partition coefficient (Wildman–Crippen LogP) is 1.03. The van der Waals surface area contributed by atoms with Crippen LogP contribution in [-0.2, 0) is 16.0 Å². The fourth-order valence-electron chi connectivity index (χ4n) is 2.53. The summed E-state index contributed by atoms with van der Waals surface area (Å²) in [5, 5.41) is 11.8. The number of nitrogens with zero attached hydrogens (tertiary/aromatic N) is 1. The Bertz CT molecular complexity index is 504. The Kier molecular flexibility index (Phi) is 5.27. The van der Waals surface area contributed by atoms with E-state index in [1.165, 1.54) is 12.1 Å². The van der Waals surface area contributed by atoms with E-state index in [1.807, 2.05) is 0 Å². The first-order valence-electron chi connectivity index (χ1n) is 7.04. The summed E-state index contributed by atoms with van der Waals surface area (Å²) in [7, 11) is 0. The molecule has 1 aliphatic heterocycles. The van der Waals surface area contributed by atoms with Gasteiger partial charge in [0.2, 0.25) is 5.91 Å². The van der Waals surface area contributed by atoms with E-state index >= 15 is 0 Å². The third-order valence-corrected chi connectivity index (χ3v) is 3.64. The van der Waals surface area contributed by atoms with E-state index in [2.05, 4.69) is 5.32 Å². The van der Waals surface area contributed by atoms with Gasteiger partial charge < -0.3 is 10.4 Å². The lowest BCUT2D eigenvalue weighted by molar-refractivity contribution is -0.142. The number of aliphatic carboxylic acids is 1. The summed E-state index contributed by atoms with van der Waals surface area (Å²) in [4.78, 5) is 24.5. The van der Waals surface area contributed by atoms with Crippen LogP contribution in [0.4, 0.5) is 4.39 Å². The number of hydrogen-bond acceptors (Lipinski definition) is 3. The van der Waals surface area contributed by atoms with Crippen molar-refractivity contribution in [3.05, 3.63) is 35.6 Å². The maximum Gasteiger partial charge on any atom is 0.320 e. The fourth-order valence-corrected chi connectivity index (χ4v) is 2.53. The number of benzene rings is 1. The number of carbonyl (C=O) groups is 2. The Hall–Kier alpha value is -1.95. The number of hydrogen-bond donors (Lipinski definition) is 2. The quantitative estimate of drug-likeness (QED) is 0.822. The van der Waals surface area contributed by atoms with Crippen LogP contribution in [0, 0.1) is 5.82 Å². The third-order valence-electron chi connectivity index (χ3n) is 3.64. The van der Waals surface area contributed by atoms with Crippen LogP contribution < -0.4 is 5.32 Å². The van der Waals surface area contributed by atoms with Gasteiger partial charge in [-0.15, -0.1) is 0 Å². The molecule has 5 nitrogen and oxygen atoms in total. The largest absolute Gasteiger partial charge is 0.480 e. The molecule has 1 atom stereocenters. The van der Waals surface area contributed by atoms with Crippen LogP contribution in [0.5, 0.6) is 0 Å². The molecule has 0 aliphatic carbocycles. The summed E-state index contributed by atoms with van der Waals surface area (Å²) in [6.45, 7) is 1.21. The number of carboxylic acid groups (broad SMARTS) is 1. The van der Waals surface area contributed by atoms with Gasteiger partial charge in [0.15, 0.2) is 0 Å². The normalized spacial score (nSPS) is 18.6. The van der Waals surface area contributed by atoms with Crippen LogP contribution in [0.1, 0.15) is 18.4 Å². The molecule has 2 N–H and O–H groups in total. The SMILES string of the molecule is O=C(CN1CCCC1C(=O)O)NCCc1ccc(F)cc1. The van der Waals surface area contributed by atoms with Crippen LogP contribution in [-0.4, -0.2) is 47.6 Å². The van der Waals surface area contributed by atoms with E-state index in [4.69, 9.17) is 5.11 Å². The second-order valence-corrected chi connectivity index (χ2v) is 5.19. The number of carbonyl (C=O) groups excluding carboxylic acids is 1. The standard InChI is InChI=1S/C15H19FN2O3/c16-12-5-3-11(4-6-12)7-8-17-14(19)10-18-9-1-2-13(18)15(20)21/h3-6,13H,1-2,7-10H2,(H,17,19)(H,20,21). The smallest absolute Gasteiger partial charge is 0.320 e. The van der Waals surface area contributed by atoms with E-state index in [9.17, 15) is 14.0 Å². The lowest BCUT2D eigenvalue weighted by atomic mass is 10.1. The second-order valence-electron chi connectivity index (χ2n) is 5.19. The zero-order chi connectivity index (χ0) is 15.2. The minimum absolute atomic E-state index is 0.111. The lowest BCUT2D eigenvalue weighted by Gasteiger charge is -2.20. The minimum Gasteiger partial charge on any atom is -0.480 e. The molecule has 0 radical (unpaired) electrons. The first kappa shape index (κ1) is 15.4. The average molecular weight is 294 g/mol. The van der Waals surface area contributed by atoms with Gasteiger partial charge in [-0.3, -0.25) is 14.5 Å². The van der Waals surface area contributed by atoms with Gasteiger partial charge in [0.25, 0.3) is 0 Å². The molecule has 21 heavy (non-hydrogen) atoms. The van der Waals surface area contributed by atoms with Crippen molar-refractivity contribution in [3.63, 3.8) is 0 Å². The van der Waals surface area contributed by atoms with Crippen LogP contribution >= 0.6 is 0 Å². The molecule has 2 rings (SSSR count). The first-order chi connectivity index (χ1) is 10.1. The second kappa shape index (κ2) is 7.17. The van der Waals surface area contributed by atoms with E-state index in [1.54, 1.807) is 17.0 Å². The summed E-state index contributed by atoms with van der Waals surface area (Å²) >= 11 is 0. The van der Waals surface area contributed by atoms with Gasteiger partial charge >= 0.3 is 5.97 Å². The van der Waals surface area contributed by atoms with Gasteiger partial charge in [-0.2, -0.15) is 0 Å². The Morgan fingerprint density at radius 2 is 2.05 bits per heavy atom. The van der Waals surface area contributed by atoms with Crippen LogP contribution in [0.3, 0.4) is 0 Å². The van der Waals surface area contributed by atoms with Crippen molar-refractivity contribution in [2.75, 3.05) is 19.6 Å². The van der Waals surface area contributed by atoms with Gasteiger partial charge in [0, 0.05) is 6.54 Å². The third kappa shape index (κ3) is 4.53. The molecule has 0 aromatic heterocycles. The molecular weight excluding hydrogens is 275 g/mol. The highest BCUT2D eigenvalue weighted by Gasteiger charge is 2.31. The molecule has 1 aromatic rings. The van der Waals surface area contributed by atoms with Gasteiger partial charge in [0.1, 0.15) is 11.9 Å². The van der Waals surface area contributed by atoms with Crippen molar-refractivity contribution in [1.29, 1.82) is 0 Å². The van der Waals surface area contributed by atoms with Crippen molar-refractivity contribution in [3.8, 4) is 0 Å². The summed E-state index contributed by atoms with van der Waals surface area (Å²) < 4.78 is 12.7. The van der Waals surface area contributed by atoms with Crippen molar-refractivity contribution < 1.29 is 19.1 Å². The van der Waals surface area contributed by atoms with Crippen molar-refractivity contribution in [2.45, 2.75) is 25.3 Å². The van der Waals surface area contributed by atoms with E-state index < -0.39 is 12.0 Å². The van der Waals surface area contributed by atoms with Gasteiger partial charge in [-0.1, -0.05) is 12.1 Å². The van der Waals surface area contributed by atoms with E-state index in [0.29, 0.717) is 25.9 Å². The Morgan fingerprint density at radius 3 is 2.71 bits per heavy atom. The number of likely N-dealkylation sites (tertiary alicyclic amines) is 1. The summed E-state index contributed by atoms with van der Waals surface area (Å²) in [6.07, 6.45) is 2.02. The molecule has 1 unspecified atom stereocenters. The number of halogens is 1. The molecule has 0 spiro atoms. The molecule has 6 heteroatoms. The van der Waals surface area contributed by atoms with Crippen LogP contribution in [0.15, 0.2) is 24.3 Å². The monoisotopic (exact) mass is 294 g/mol. The predicted molar refractivity (Wildman–Crippen MR) is 75.3 cm³/mol. The maximum atomic E-state index is 12.7. The molecule has 0 saturated carbocycles. The van der Waals surface area contributed by atoms with E-state index in [0.717, 1.165) is 12.0 Å². The van der Waals surface area contributed by atoms with Crippen molar-refractivity contribution >= 4 is 11.9 Å². The molecule has 0 bridgehead atoms. The Labute approximate surface area is 122 Å². The zero-order valence-electron chi connectivity index (χ0n) is 11.7. The van der Waals surface area contributed by atoms with Crippen LogP contribution in [0.2, 0.25) is 0 Å². The Balaban J connectivity index is 1.72.